The van der Waals surface area contributed by atoms with Crippen molar-refractivity contribution in [1.82, 2.24) is 9.80 Å². The molecular formula is C14H27BrN2O. The summed E-state index contributed by atoms with van der Waals surface area (Å²) in [5.74, 6) is 0.573. The molecule has 1 atom stereocenters. The number of hydrogen-bond donors (Lipinski definition) is 0. The zero-order chi connectivity index (χ0) is 13.9. The van der Waals surface area contributed by atoms with E-state index in [-0.39, 0.29) is 10.7 Å². The SMILES string of the molecule is CC(C)C(Br)C(=O)N(C)C1CCN(C(C)C)CC1. The van der Waals surface area contributed by atoms with E-state index in [1.54, 1.807) is 0 Å². The fraction of sp³-hybridized carbons (Fsp3) is 0.929. The highest BCUT2D eigenvalue weighted by Crippen LogP contribution is 2.21. The number of carbonyl (C=O) groups excluding carboxylic acids is 1. The number of nitrogens with zero attached hydrogens (tertiary/aromatic N) is 2. The molecule has 0 bridgehead atoms. The molecule has 0 aliphatic carbocycles. The zero-order valence-electron chi connectivity index (χ0n) is 12.3. The minimum Gasteiger partial charge on any atom is -0.342 e. The molecule has 1 saturated heterocycles. The van der Waals surface area contributed by atoms with Crippen LogP contribution in [0.3, 0.4) is 0 Å². The molecule has 0 aromatic heterocycles. The average molecular weight is 319 g/mol. The van der Waals surface area contributed by atoms with E-state index in [0.717, 1.165) is 25.9 Å². The first-order valence-electron chi connectivity index (χ1n) is 6.99. The number of rotatable bonds is 4. The molecule has 0 N–H and O–H groups in total. The minimum atomic E-state index is -0.0503. The van der Waals surface area contributed by atoms with Crippen LogP contribution in [0.15, 0.2) is 0 Å². The van der Waals surface area contributed by atoms with Crippen LogP contribution in [-0.2, 0) is 4.79 Å². The second kappa shape index (κ2) is 6.90. The Kier molecular flexibility index (Phi) is 6.12. The van der Waals surface area contributed by atoms with Gasteiger partial charge in [0.05, 0.1) is 4.83 Å². The quantitative estimate of drug-likeness (QED) is 0.744. The summed E-state index contributed by atoms with van der Waals surface area (Å²) in [6.45, 7) is 10.8. The Balaban J connectivity index is 2.49. The highest BCUT2D eigenvalue weighted by atomic mass is 79.9. The lowest BCUT2D eigenvalue weighted by atomic mass is 10.0. The maximum atomic E-state index is 12.3. The van der Waals surface area contributed by atoms with Crippen LogP contribution in [0, 0.1) is 5.92 Å². The number of amides is 1. The molecule has 106 valence electrons. The Labute approximate surface area is 120 Å². The topological polar surface area (TPSA) is 23.6 Å². The maximum absolute atomic E-state index is 12.3. The van der Waals surface area contributed by atoms with Gasteiger partial charge in [-0.15, -0.1) is 0 Å². The lowest BCUT2D eigenvalue weighted by Crippen LogP contribution is -2.49. The van der Waals surface area contributed by atoms with Gasteiger partial charge in [-0.3, -0.25) is 4.79 Å². The van der Waals surface area contributed by atoms with Crippen LogP contribution in [0.4, 0.5) is 0 Å². The van der Waals surface area contributed by atoms with Crippen LogP contribution in [0.2, 0.25) is 0 Å². The molecule has 3 nitrogen and oxygen atoms in total. The van der Waals surface area contributed by atoms with Gasteiger partial charge in [0.1, 0.15) is 0 Å². The first kappa shape index (κ1) is 16.0. The summed E-state index contributed by atoms with van der Waals surface area (Å²) in [5, 5.41) is 0. The predicted molar refractivity (Wildman–Crippen MR) is 80.1 cm³/mol. The minimum absolute atomic E-state index is 0.0503. The summed E-state index contributed by atoms with van der Waals surface area (Å²) in [7, 11) is 1.95. The molecule has 1 rings (SSSR count). The van der Waals surface area contributed by atoms with E-state index in [0.29, 0.717) is 18.0 Å². The summed E-state index contributed by atoms with van der Waals surface area (Å²) in [4.78, 5) is 16.7. The zero-order valence-corrected chi connectivity index (χ0v) is 13.9. The van der Waals surface area contributed by atoms with Crippen molar-refractivity contribution in [2.45, 2.75) is 57.4 Å². The van der Waals surface area contributed by atoms with Gasteiger partial charge in [-0.05, 0) is 32.6 Å². The van der Waals surface area contributed by atoms with Gasteiger partial charge in [0.15, 0.2) is 0 Å². The molecular weight excluding hydrogens is 292 g/mol. The molecule has 0 aromatic carbocycles. The van der Waals surface area contributed by atoms with Crippen molar-refractivity contribution in [3.05, 3.63) is 0 Å². The first-order chi connectivity index (χ1) is 8.34. The fourth-order valence-electron chi connectivity index (χ4n) is 2.45. The number of likely N-dealkylation sites (tertiary alicyclic amines) is 1. The number of halogens is 1. The van der Waals surface area contributed by atoms with E-state index in [2.05, 4.69) is 48.5 Å². The third kappa shape index (κ3) is 3.95. The Morgan fingerprint density at radius 1 is 1.22 bits per heavy atom. The molecule has 0 radical (unpaired) electrons. The molecule has 0 saturated carbocycles. The first-order valence-corrected chi connectivity index (χ1v) is 7.91. The molecule has 0 spiro atoms. The van der Waals surface area contributed by atoms with Crippen molar-refractivity contribution >= 4 is 21.8 Å². The van der Waals surface area contributed by atoms with Gasteiger partial charge in [0.25, 0.3) is 0 Å². The molecule has 1 aliphatic heterocycles. The third-order valence-corrected chi connectivity index (χ3v) is 5.39. The van der Waals surface area contributed by atoms with E-state index in [1.165, 1.54) is 0 Å². The van der Waals surface area contributed by atoms with Crippen LogP contribution in [-0.4, -0.2) is 52.8 Å². The molecule has 1 fully saturated rings. The normalized spacial score (nSPS) is 20.4. The van der Waals surface area contributed by atoms with Crippen molar-refractivity contribution < 1.29 is 4.79 Å². The molecule has 1 heterocycles. The van der Waals surface area contributed by atoms with Crippen molar-refractivity contribution in [3.8, 4) is 0 Å². The van der Waals surface area contributed by atoms with E-state index in [1.807, 2.05) is 11.9 Å². The highest BCUT2D eigenvalue weighted by Gasteiger charge is 2.30. The van der Waals surface area contributed by atoms with Gasteiger partial charge in [-0.1, -0.05) is 29.8 Å². The second-order valence-electron chi connectivity index (χ2n) is 5.96. The van der Waals surface area contributed by atoms with Gasteiger partial charge in [0.2, 0.25) is 5.91 Å². The highest BCUT2D eigenvalue weighted by molar-refractivity contribution is 9.10. The van der Waals surface area contributed by atoms with Crippen LogP contribution in [0.5, 0.6) is 0 Å². The van der Waals surface area contributed by atoms with Crippen LogP contribution in [0.1, 0.15) is 40.5 Å². The fourth-order valence-corrected chi connectivity index (χ4v) is 2.77. The van der Waals surface area contributed by atoms with E-state index < -0.39 is 0 Å². The van der Waals surface area contributed by atoms with Gasteiger partial charge in [0, 0.05) is 32.2 Å². The molecule has 1 aliphatic rings. The molecule has 0 aromatic rings. The van der Waals surface area contributed by atoms with Crippen molar-refractivity contribution in [2.24, 2.45) is 5.92 Å². The Hall–Kier alpha value is -0.0900. The summed E-state index contributed by atoms with van der Waals surface area (Å²) in [6.07, 6.45) is 2.19. The van der Waals surface area contributed by atoms with E-state index >= 15 is 0 Å². The Bertz CT molecular complexity index is 273. The summed E-state index contributed by atoms with van der Waals surface area (Å²) < 4.78 is 0. The van der Waals surface area contributed by atoms with Gasteiger partial charge < -0.3 is 9.80 Å². The van der Waals surface area contributed by atoms with Gasteiger partial charge in [-0.25, -0.2) is 0 Å². The standard InChI is InChI=1S/C14H27BrN2O/c1-10(2)13(15)14(18)16(5)12-6-8-17(9-7-12)11(3)4/h10-13H,6-9H2,1-5H3. The number of alkyl halides is 1. The monoisotopic (exact) mass is 318 g/mol. The average Bonchev–Trinajstić information content (AvgIpc) is 2.36. The lowest BCUT2D eigenvalue weighted by Gasteiger charge is -2.39. The predicted octanol–water partition coefficient (Wildman–Crippen LogP) is 2.74. The Morgan fingerprint density at radius 3 is 2.11 bits per heavy atom. The van der Waals surface area contributed by atoms with E-state index in [4.69, 9.17) is 0 Å². The van der Waals surface area contributed by atoms with Crippen molar-refractivity contribution in [3.63, 3.8) is 0 Å². The van der Waals surface area contributed by atoms with E-state index in [9.17, 15) is 4.79 Å². The number of hydrogen-bond acceptors (Lipinski definition) is 2. The molecule has 1 amide bonds. The van der Waals surface area contributed by atoms with Crippen LogP contribution in [0.25, 0.3) is 0 Å². The summed E-state index contributed by atoms with van der Waals surface area (Å²) >= 11 is 3.51. The second-order valence-corrected chi connectivity index (χ2v) is 6.94. The van der Waals surface area contributed by atoms with Crippen LogP contribution < -0.4 is 0 Å². The largest absolute Gasteiger partial charge is 0.342 e. The van der Waals surface area contributed by atoms with Crippen molar-refractivity contribution in [2.75, 3.05) is 20.1 Å². The van der Waals surface area contributed by atoms with Crippen LogP contribution >= 0.6 is 15.9 Å². The molecule has 4 heteroatoms. The smallest absolute Gasteiger partial charge is 0.236 e. The third-order valence-electron chi connectivity index (χ3n) is 3.95. The summed E-state index contributed by atoms with van der Waals surface area (Å²) in [5.41, 5.74) is 0. The van der Waals surface area contributed by atoms with Gasteiger partial charge in [-0.2, -0.15) is 0 Å². The Morgan fingerprint density at radius 2 is 1.72 bits per heavy atom. The number of piperidine rings is 1. The lowest BCUT2D eigenvalue weighted by molar-refractivity contribution is -0.132. The maximum Gasteiger partial charge on any atom is 0.236 e. The van der Waals surface area contributed by atoms with Gasteiger partial charge >= 0.3 is 0 Å². The summed E-state index contributed by atoms with van der Waals surface area (Å²) in [6, 6.07) is 1.03. The molecule has 18 heavy (non-hydrogen) atoms. The van der Waals surface area contributed by atoms with Crippen molar-refractivity contribution in [1.29, 1.82) is 0 Å². The number of carbonyl (C=O) groups is 1. The molecule has 1 unspecified atom stereocenters.